The maximum Gasteiger partial charge on any atom is 1.00 e. The predicted molar refractivity (Wildman–Crippen MR) is 92.4 cm³/mol. The minimum absolute atomic E-state index is 0. The summed E-state index contributed by atoms with van der Waals surface area (Å²) in [5.41, 5.74) is -1.66. The van der Waals surface area contributed by atoms with E-state index in [-0.39, 0.29) is 99.1 Å². The van der Waals surface area contributed by atoms with Crippen molar-refractivity contribution in [2.75, 3.05) is 0 Å². The molecule has 0 saturated heterocycles. The summed E-state index contributed by atoms with van der Waals surface area (Å²) in [6.45, 7) is 4.21. The smallest absolute Gasteiger partial charge is 0.543 e. The van der Waals surface area contributed by atoms with E-state index in [1.165, 1.54) is 16.7 Å². The summed E-state index contributed by atoms with van der Waals surface area (Å²) < 4.78 is 6.64. The number of hydrogen-bond donors (Lipinski definition) is 0. The maximum absolute atomic E-state index is 12.6. The first kappa shape index (κ1) is 25.6. The molecule has 3 aromatic rings. The van der Waals surface area contributed by atoms with E-state index >= 15 is 0 Å². The van der Waals surface area contributed by atoms with Crippen molar-refractivity contribution in [1.82, 2.24) is 4.57 Å². The molecule has 0 bridgehead atoms. The molecule has 10 heteroatoms. The van der Waals surface area contributed by atoms with E-state index in [9.17, 15) is 29.4 Å². The first-order valence-corrected chi connectivity index (χ1v) is 8.27. The van der Waals surface area contributed by atoms with E-state index < -0.39 is 28.6 Å². The zero-order valence-corrected chi connectivity index (χ0v) is 20.6. The molecule has 29 heavy (non-hydrogen) atoms. The number of rotatable bonds is 5. The van der Waals surface area contributed by atoms with Crippen molar-refractivity contribution >= 4 is 33.8 Å². The first-order chi connectivity index (χ1) is 12.7. The fourth-order valence-corrected chi connectivity index (χ4v) is 2.97. The van der Waals surface area contributed by atoms with Crippen molar-refractivity contribution < 1.29 is 83.3 Å². The molecule has 8 nitrogen and oxygen atoms in total. The molecule has 2 heterocycles. The number of carboxylic acid groups (broad SMARTS) is 2. The van der Waals surface area contributed by atoms with E-state index in [2.05, 4.69) is 0 Å². The van der Waals surface area contributed by atoms with Gasteiger partial charge in [-0.2, -0.15) is 0 Å². The molecule has 0 aliphatic heterocycles. The molecule has 0 aliphatic carbocycles. The third kappa shape index (κ3) is 5.02. The quantitative estimate of drug-likeness (QED) is 0.299. The van der Waals surface area contributed by atoms with Gasteiger partial charge < -0.3 is 28.8 Å². The van der Waals surface area contributed by atoms with Crippen LogP contribution in [0, 0.1) is 5.92 Å². The second kappa shape index (κ2) is 10.1. The summed E-state index contributed by atoms with van der Waals surface area (Å²) in [7, 11) is 0. The molecule has 0 spiro atoms. The molecule has 0 fully saturated rings. The van der Waals surface area contributed by atoms with Crippen molar-refractivity contribution in [1.29, 1.82) is 0 Å². The van der Waals surface area contributed by atoms with Gasteiger partial charge >= 0.3 is 59.1 Å². The van der Waals surface area contributed by atoms with Gasteiger partial charge in [0, 0.05) is 18.7 Å². The average molecular weight is 415 g/mol. The van der Waals surface area contributed by atoms with Crippen molar-refractivity contribution in [3.8, 4) is 0 Å². The number of carbonyl (C=O) groups is 2. The fraction of sp³-hybridized carbons (Fsp3) is 0.263. The van der Waals surface area contributed by atoms with Crippen LogP contribution in [0.4, 0.5) is 0 Å². The Hall–Kier alpha value is -1.42. The van der Waals surface area contributed by atoms with Crippen molar-refractivity contribution in [3.05, 3.63) is 56.2 Å². The van der Waals surface area contributed by atoms with Gasteiger partial charge in [0.25, 0.3) is 0 Å². The number of pyridine rings is 1. The van der Waals surface area contributed by atoms with Gasteiger partial charge in [-0.25, -0.2) is 0 Å². The van der Waals surface area contributed by atoms with Crippen LogP contribution in [0.3, 0.4) is 0 Å². The van der Waals surface area contributed by atoms with Crippen molar-refractivity contribution in [2.24, 2.45) is 5.92 Å². The Labute approximate surface area is 209 Å². The summed E-state index contributed by atoms with van der Waals surface area (Å²) in [6.07, 6.45) is 0.624. The SMILES string of the molecule is CC(C)CCn1c(C(=O)[O-])cc(=O)c2c3oc(C(=O)[O-])cc(=O)c3ccc21.[Na+].[Na+]. The molecule has 140 valence electrons. The zero-order valence-electron chi connectivity index (χ0n) is 16.6. The molecule has 0 radical (unpaired) electrons. The second-order valence-corrected chi connectivity index (χ2v) is 6.61. The number of nitrogens with zero attached hydrogens (tertiary/aromatic N) is 1. The van der Waals surface area contributed by atoms with Crippen LogP contribution in [-0.2, 0) is 6.54 Å². The normalized spacial score (nSPS) is 10.6. The number of aromatic nitrogens is 1. The van der Waals surface area contributed by atoms with Crippen LogP contribution in [0.15, 0.2) is 38.3 Å². The summed E-state index contributed by atoms with van der Waals surface area (Å²) in [5, 5.41) is 22.5. The third-order valence-electron chi connectivity index (χ3n) is 4.31. The summed E-state index contributed by atoms with van der Waals surface area (Å²) in [6, 6.07) is 4.48. The summed E-state index contributed by atoms with van der Waals surface area (Å²) in [5.74, 6) is -3.66. The standard InChI is InChI=1S/C19H17NO7.2Na/c1-9(2)5-6-20-11-4-3-10-13(21)8-15(19(25)26)27-17(10)16(11)14(22)7-12(20)18(23)24;;/h3-4,7-9H,5-6H2,1-2H3,(H,23,24)(H,25,26);;/q;2*+1/p-2. The Morgan fingerprint density at radius 1 is 1.03 bits per heavy atom. The number of benzene rings is 1. The molecule has 0 amide bonds. The predicted octanol–water partition coefficient (Wildman–Crippen LogP) is -6.11. The van der Waals surface area contributed by atoms with Crippen LogP contribution in [-0.4, -0.2) is 16.5 Å². The van der Waals surface area contributed by atoms with Crippen LogP contribution in [0.1, 0.15) is 41.3 Å². The van der Waals surface area contributed by atoms with Gasteiger partial charge in [-0.05, 0) is 24.5 Å². The van der Waals surface area contributed by atoms with Crippen molar-refractivity contribution in [3.63, 3.8) is 0 Å². The van der Waals surface area contributed by atoms with E-state index in [0.29, 0.717) is 6.42 Å². The largest absolute Gasteiger partial charge is 1.00 e. The minimum Gasteiger partial charge on any atom is -0.543 e. The van der Waals surface area contributed by atoms with Crippen LogP contribution in [0.25, 0.3) is 21.9 Å². The molecule has 2 aromatic heterocycles. The Morgan fingerprint density at radius 3 is 2.24 bits per heavy atom. The topological polar surface area (TPSA) is 132 Å². The van der Waals surface area contributed by atoms with Crippen LogP contribution in [0.5, 0.6) is 0 Å². The molecule has 1 aromatic carbocycles. The van der Waals surface area contributed by atoms with Gasteiger partial charge in [0.05, 0.1) is 28.0 Å². The number of aryl methyl sites for hydroxylation is 1. The number of aromatic carboxylic acids is 2. The maximum atomic E-state index is 12.6. The monoisotopic (exact) mass is 415 g/mol. The number of carbonyl (C=O) groups excluding carboxylic acids is 2. The third-order valence-corrected chi connectivity index (χ3v) is 4.31. The van der Waals surface area contributed by atoms with Gasteiger partial charge in [-0.15, -0.1) is 0 Å². The van der Waals surface area contributed by atoms with Crippen LogP contribution in [0.2, 0.25) is 0 Å². The van der Waals surface area contributed by atoms with Gasteiger partial charge in [-0.3, -0.25) is 9.59 Å². The van der Waals surface area contributed by atoms with Gasteiger partial charge in [-0.1, -0.05) is 13.8 Å². The second-order valence-electron chi connectivity index (χ2n) is 6.61. The van der Waals surface area contributed by atoms with Crippen molar-refractivity contribution in [2.45, 2.75) is 26.8 Å². The number of fused-ring (bicyclic) bond motifs is 3. The molecule has 3 rings (SSSR count). The van der Waals surface area contributed by atoms with E-state index in [4.69, 9.17) is 4.42 Å². The fourth-order valence-electron chi connectivity index (χ4n) is 2.97. The molecular formula is C19H15NNa2O7. The Kier molecular flexibility index (Phi) is 8.89. The van der Waals surface area contributed by atoms with E-state index in [1.807, 2.05) is 13.8 Å². The van der Waals surface area contributed by atoms with E-state index in [0.717, 1.165) is 12.1 Å². The minimum atomic E-state index is -1.70. The molecular weight excluding hydrogens is 400 g/mol. The molecule has 0 atom stereocenters. The molecule has 0 saturated carbocycles. The average Bonchev–Trinajstić information content (AvgIpc) is 2.59. The summed E-state index contributed by atoms with van der Waals surface area (Å²) >= 11 is 0. The first-order valence-electron chi connectivity index (χ1n) is 8.27. The Bertz CT molecular complexity index is 1210. The number of carboxylic acids is 2. The van der Waals surface area contributed by atoms with Crippen LogP contribution >= 0.6 is 0 Å². The van der Waals surface area contributed by atoms with E-state index in [1.54, 1.807) is 0 Å². The molecule has 0 unspecified atom stereocenters. The van der Waals surface area contributed by atoms with Gasteiger partial charge in [0.15, 0.2) is 22.2 Å². The van der Waals surface area contributed by atoms with Gasteiger partial charge in [0.2, 0.25) is 0 Å². The molecule has 0 aliphatic rings. The molecule has 0 N–H and O–H groups in total. The summed E-state index contributed by atoms with van der Waals surface area (Å²) in [4.78, 5) is 47.3. The number of hydrogen-bond acceptors (Lipinski definition) is 7. The zero-order chi connectivity index (χ0) is 19.9. The van der Waals surface area contributed by atoms with Crippen LogP contribution < -0.4 is 80.2 Å². The van der Waals surface area contributed by atoms with Gasteiger partial charge in [0.1, 0.15) is 5.97 Å². The Balaban J connectivity index is 0.00000210. The Morgan fingerprint density at radius 2 is 1.69 bits per heavy atom.